The molecule has 0 radical (unpaired) electrons. The fraction of sp³-hybridized carbons (Fsp3) is 0.818. The third kappa shape index (κ3) is 3.48. The van der Waals surface area contributed by atoms with Crippen LogP contribution in [0.5, 0.6) is 0 Å². The highest BCUT2D eigenvalue weighted by molar-refractivity contribution is 5.79. The number of carboxylic acids is 1. The van der Waals surface area contributed by atoms with Gasteiger partial charge in [-0.2, -0.15) is 0 Å². The minimum atomic E-state index is -0.866. The second kappa shape index (κ2) is 5.84. The Hall–Kier alpha value is -1.10. The lowest BCUT2D eigenvalue weighted by Crippen LogP contribution is -2.37. The number of carboxylic acid groups (broad SMARTS) is 1. The van der Waals surface area contributed by atoms with Crippen LogP contribution < -0.4 is 5.73 Å². The third-order valence-electron chi connectivity index (χ3n) is 3.11. The first-order chi connectivity index (χ1) is 7.54. The molecule has 1 rings (SSSR count). The molecule has 0 spiro atoms. The molecule has 0 aliphatic heterocycles. The summed E-state index contributed by atoms with van der Waals surface area (Å²) in [4.78, 5) is 24.1. The number of carbonyl (C=O) groups is 2. The molecule has 2 unspecified atom stereocenters. The Morgan fingerprint density at radius 1 is 1.44 bits per heavy atom. The number of nitrogens with two attached hydrogens (primary N) is 1. The van der Waals surface area contributed by atoms with Crippen molar-refractivity contribution in [3.8, 4) is 0 Å². The Morgan fingerprint density at radius 3 is 2.56 bits per heavy atom. The van der Waals surface area contributed by atoms with Crippen LogP contribution in [-0.4, -0.2) is 41.0 Å². The number of aliphatic carboxylic acids is 1. The number of hydrogen-bond acceptors (Lipinski definition) is 3. The van der Waals surface area contributed by atoms with E-state index in [1.807, 2.05) is 6.92 Å². The molecule has 2 atom stereocenters. The Morgan fingerprint density at radius 2 is 2.12 bits per heavy atom. The van der Waals surface area contributed by atoms with Crippen molar-refractivity contribution in [2.45, 2.75) is 38.6 Å². The van der Waals surface area contributed by atoms with E-state index in [1.54, 1.807) is 4.90 Å². The molecule has 0 aromatic heterocycles. The molecule has 0 aromatic carbocycles. The quantitative estimate of drug-likeness (QED) is 0.715. The van der Waals surface area contributed by atoms with E-state index >= 15 is 0 Å². The van der Waals surface area contributed by atoms with Gasteiger partial charge < -0.3 is 15.7 Å². The van der Waals surface area contributed by atoms with Crippen LogP contribution in [0.15, 0.2) is 0 Å². The van der Waals surface area contributed by atoms with Gasteiger partial charge >= 0.3 is 5.97 Å². The summed E-state index contributed by atoms with van der Waals surface area (Å²) in [5.74, 6) is -0.796. The van der Waals surface area contributed by atoms with E-state index in [0.717, 1.165) is 19.3 Å². The number of carbonyl (C=O) groups excluding carboxylic acids is 1. The zero-order valence-electron chi connectivity index (χ0n) is 9.69. The largest absolute Gasteiger partial charge is 0.481 e. The molecule has 5 nitrogen and oxygen atoms in total. The topological polar surface area (TPSA) is 83.6 Å². The summed E-state index contributed by atoms with van der Waals surface area (Å²) in [6.45, 7) is 2.74. The molecule has 0 aromatic rings. The lowest BCUT2D eigenvalue weighted by Gasteiger charge is -2.23. The lowest BCUT2D eigenvalue weighted by atomic mass is 10.1. The Balaban J connectivity index is 2.45. The summed E-state index contributed by atoms with van der Waals surface area (Å²) in [5.41, 5.74) is 5.76. The van der Waals surface area contributed by atoms with E-state index in [0.29, 0.717) is 13.1 Å². The maximum Gasteiger partial charge on any atom is 0.305 e. The normalized spacial score (nSPS) is 24.4. The van der Waals surface area contributed by atoms with Crippen molar-refractivity contribution in [3.05, 3.63) is 0 Å². The first-order valence-corrected chi connectivity index (χ1v) is 5.80. The van der Waals surface area contributed by atoms with Gasteiger partial charge in [0.2, 0.25) is 5.91 Å². The van der Waals surface area contributed by atoms with Gasteiger partial charge in [-0.3, -0.25) is 9.59 Å². The number of amides is 1. The fourth-order valence-electron chi connectivity index (χ4n) is 2.15. The van der Waals surface area contributed by atoms with Crippen molar-refractivity contribution in [2.75, 3.05) is 13.1 Å². The van der Waals surface area contributed by atoms with Crippen LogP contribution in [-0.2, 0) is 9.59 Å². The molecule has 1 saturated carbocycles. The van der Waals surface area contributed by atoms with Gasteiger partial charge in [-0.05, 0) is 26.2 Å². The van der Waals surface area contributed by atoms with E-state index in [-0.39, 0.29) is 24.3 Å². The highest BCUT2D eigenvalue weighted by atomic mass is 16.4. The van der Waals surface area contributed by atoms with Crippen LogP contribution in [0.2, 0.25) is 0 Å². The van der Waals surface area contributed by atoms with Crippen molar-refractivity contribution in [2.24, 2.45) is 11.7 Å². The average molecular weight is 228 g/mol. The summed E-state index contributed by atoms with van der Waals surface area (Å²) in [5, 5.41) is 8.59. The van der Waals surface area contributed by atoms with Crippen LogP contribution in [0.4, 0.5) is 0 Å². The lowest BCUT2D eigenvalue weighted by molar-refractivity contribution is -0.139. The molecule has 0 heterocycles. The van der Waals surface area contributed by atoms with Crippen molar-refractivity contribution < 1.29 is 14.7 Å². The van der Waals surface area contributed by atoms with Gasteiger partial charge in [0, 0.05) is 25.0 Å². The molecule has 1 fully saturated rings. The van der Waals surface area contributed by atoms with Gasteiger partial charge in [-0.15, -0.1) is 0 Å². The van der Waals surface area contributed by atoms with E-state index in [9.17, 15) is 9.59 Å². The maximum absolute atomic E-state index is 12.0. The summed E-state index contributed by atoms with van der Waals surface area (Å²) in [7, 11) is 0. The van der Waals surface area contributed by atoms with Crippen LogP contribution in [0.25, 0.3) is 0 Å². The Bertz CT molecular complexity index is 268. The highest BCUT2D eigenvalue weighted by Crippen LogP contribution is 2.25. The summed E-state index contributed by atoms with van der Waals surface area (Å²) in [6, 6.07) is 0.132. The number of nitrogens with zero attached hydrogens (tertiary/aromatic N) is 1. The molecule has 3 N–H and O–H groups in total. The van der Waals surface area contributed by atoms with Crippen molar-refractivity contribution in [1.29, 1.82) is 0 Å². The predicted octanol–water partition coefficient (Wildman–Crippen LogP) is 0.437. The van der Waals surface area contributed by atoms with Gasteiger partial charge in [0.25, 0.3) is 0 Å². The molecule has 1 amide bonds. The zero-order valence-corrected chi connectivity index (χ0v) is 9.69. The summed E-state index contributed by atoms with van der Waals surface area (Å²) < 4.78 is 0. The van der Waals surface area contributed by atoms with Crippen LogP contribution in [0.3, 0.4) is 0 Å². The Kier molecular flexibility index (Phi) is 4.73. The molecule has 0 bridgehead atoms. The Labute approximate surface area is 95.6 Å². The van der Waals surface area contributed by atoms with E-state index in [2.05, 4.69) is 0 Å². The molecule has 92 valence electrons. The molecule has 0 saturated heterocycles. The van der Waals surface area contributed by atoms with Gasteiger partial charge in [-0.1, -0.05) is 0 Å². The molecule has 1 aliphatic rings. The van der Waals surface area contributed by atoms with E-state index in [1.165, 1.54) is 0 Å². The van der Waals surface area contributed by atoms with Gasteiger partial charge in [0.05, 0.1) is 6.42 Å². The van der Waals surface area contributed by atoms with Crippen LogP contribution in [0, 0.1) is 5.92 Å². The highest BCUT2D eigenvalue weighted by Gasteiger charge is 2.30. The molecule has 16 heavy (non-hydrogen) atoms. The van der Waals surface area contributed by atoms with Crippen molar-refractivity contribution in [3.63, 3.8) is 0 Å². The van der Waals surface area contributed by atoms with Crippen LogP contribution in [0.1, 0.15) is 32.6 Å². The standard InChI is InChI=1S/C11H20N2O3/c1-2-13(6-5-10(14)15)11(16)8-3-4-9(12)7-8/h8-9H,2-7,12H2,1H3,(H,14,15). The summed E-state index contributed by atoms with van der Waals surface area (Å²) in [6.07, 6.45) is 2.48. The smallest absolute Gasteiger partial charge is 0.305 e. The monoisotopic (exact) mass is 228 g/mol. The van der Waals surface area contributed by atoms with E-state index < -0.39 is 5.97 Å². The van der Waals surface area contributed by atoms with E-state index in [4.69, 9.17) is 10.8 Å². The van der Waals surface area contributed by atoms with Crippen LogP contribution >= 0.6 is 0 Å². The molecular formula is C11H20N2O3. The molecule has 5 heteroatoms. The zero-order chi connectivity index (χ0) is 12.1. The predicted molar refractivity (Wildman–Crippen MR) is 59.8 cm³/mol. The number of rotatable bonds is 5. The first kappa shape index (κ1) is 13.0. The average Bonchev–Trinajstić information content (AvgIpc) is 2.65. The SMILES string of the molecule is CCN(CCC(=O)O)C(=O)C1CCC(N)C1. The minimum Gasteiger partial charge on any atom is -0.481 e. The second-order valence-corrected chi connectivity index (χ2v) is 4.33. The van der Waals surface area contributed by atoms with Crippen molar-refractivity contribution >= 4 is 11.9 Å². The van der Waals surface area contributed by atoms with Gasteiger partial charge in [0.15, 0.2) is 0 Å². The van der Waals surface area contributed by atoms with Gasteiger partial charge in [-0.25, -0.2) is 0 Å². The molecule has 1 aliphatic carbocycles. The van der Waals surface area contributed by atoms with Gasteiger partial charge in [0.1, 0.15) is 0 Å². The maximum atomic E-state index is 12.0. The third-order valence-corrected chi connectivity index (χ3v) is 3.11. The number of hydrogen-bond donors (Lipinski definition) is 2. The minimum absolute atomic E-state index is 0.00347. The fourth-order valence-corrected chi connectivity index (χ4v) is 2.15. The van der Waals surface area contributed by atoms with Crippen molar-refractivity contribution in [1.82, 2.24) is 4.90 Å². The first-order valence-electron chi connectivity index (χ1n) is 5.80. The molecular weight excluding hydrogens is 208 g/mol. The second-order valence-electron chi connectivity index (χ2n) is 4.33. The summed E-state index contributed by atoms with van der Waals surface area (Å²) >= 11 is 0.